The number of carbonyl (C=O) groups excluding carboxylic acids is 1. The van der Waals surface area contributed by atoms with Crippen molar-refractivity contribution in [2.45, 2.75) is 24.5 Å². The summed E-state index contributed by atoms with van der Waals surface area (Å²) in [6.07, 6.45) is -3.45. The molecule has 9 heteroatoms. The summed E-state index contributed by atoms with van der Waals surface area (Å²) < 4.78 is 6.38. The van der Waals surface area contributed by atoms with Crippen molar-refractivity contribution in [3.05, 3.63) is 12.0 Å². The lowest BCUT2D eigenvalue weighted by Gasteiger charge is -2.17. The second kappa shape index (κ2) is 4.53. The number of hydrogen-bond acceptors (Lipinski definition) is 7. The molecule has 1 saturated heterocycles. The molecule has 1 amide bonds. The number of aromatic nitrogens is 2. The molecule has 0 aliphatic carbocycles. The van der Waals surface area contributed by atoms with Gasteiger partial charge in [-0.15, -0.1) is 0 Å². The van der Waals surface area contributed by atoms with E-state index in [1.165, 1.54) is 6.33 Å². The summed E-state index contributed by atoms with van der Waals surface area (Å²) in [5.41, 5.74) is 10.5. The lowest BCUT2D eigenvalue weighted by atomic mass is 10.1. The summed E-state index contributed by atoms with van der Waals surface area (Å²) in [7, 11) is 0. The predicted octanol–water partition coefficient (Wildman–Crippen LogP) is -2.82. The van der Waals surface area contributed by atoms with Crippen LogP contribution in [0.15, 0.2) is 6.33 Å². The fourth-order valence-corrected chi connectivity index (χ4v) is 1.93. The number of carbonyl (C=O) groups is 1. The highest BCUT2D eigenvalue weighted by molar-refractivity contribution is 5.95. The van der Waals surface area contributed by atoms with E-state index in [2.05, 4.69) is 4.98 Å². The van der Waals surface area contributed by atoms with Crippen LogP contribution in [0.5, 0.6) is 0 Å². The van der Waals surface area contributed by atoms with Gasteiger partial charge in [0.25, 0.3) is 5.91 Å². The van der Waals surface area contributed by atoms with E-state index in [0.29, 0.717) is 0 Å². The number of ether oxygens (including phenoxy) is 1. The van der Waals surface area contributed by atoms with E-state index in [1.807, 2.05) is 0 Å². The summed E-state index contributed by atoms with van der Waals surface area (Å²) in [6.45, 7) is -0.467. The molecule has 1 aromatic rings. The minimum Gasteiger partial charge on any atom is -0.394 e. The molecule has 9 nitrogen and oxygen atoms in total. The quantitative estimate of drug-likeness (QED) is 0.391. The third-order valence-electron chi connectivity index (χ3n) is 2.85. The molecule has 0 aromatic carbocycles. The van der Waals surface area contributed by atoms with Gasteiger partial charge >= 0.3 is 0 Å². The number of amides is 1. The molecular formula is C9H14N4O5. The largest absolute Gasteiger partial charge is 0.394 e. The van der Waals surface area contributed by atoms with Gasteiger partial charge in [0.2, 0.25) is 0 Å². The van der Waals surface area contributed by atoms with E-state index in [4.69, 9.17) is 21.3 Å². The number of primary amides is 1. The molecule has 1 aliphatic heterocycles. The van der Waals surface area contributed by atoms with Crippen LogP contribution in [0.2, 0.25) is 0 Å². The molecule has 0 spiro atoms. The SMILES string of the molecule is NC(=O)c1c(N)ncn1[C@@H]1O[C@@H](CO)[C@@H](O)[C@@H]1O. The average Bonchev–Trinajstić information content (AvgIpc) is 2.82. The van der Waals surface area contributed by atoms with Gasteiger partial charge in [-0.25, -0.2) is 4.98 Å². The molecule has 0 unspecified atom stereocenters. The molecule has 1 aromatic heterocycles. The van der Waals surface area contributed by atoms with Gasteiger partial charge in [-0.3, -0.25) is 9.36 Å². The van der Waals surface area contributed by atoms with Gasteiger partial charge < -0.3 is 31.5 Å². The van der Waals surface area contributed by atoms with Crippen molar-refractivity contribution in [3.8, 4) is 0 Å². The molecule has 7 N–H and O–H groups in total. The Balaban J connectivity index is 2.36. The number of nitrogen functional groups attached to an aromatic ring is 1. The van der Waals surface area contributed by atoms with E-state index >= 15 is 0 Å². The molecular weight excluding hydrogens is 244 g/mol. The zero-order valence-electron chi connectivity index (χ0n) is 9.30. The Kier molecular flexibility index (Phi) is 3.22. The van der Waals surface area contributed by atoms with Crippen LogP contribution in [-0.4, -0.2) is 55.7 Å². The van der Waals surface area contributed by atoms with E-state index in [9.17, 15) is 15.0 Å². The average molecular weight is 258 g/mol. The van der Waals surface area contributed by atoms with Gasteiger partial charge in [-0.05, 0) is 0 Å². The van der Waals surface area contributed by atoms with Crippen LogP contribution in [0.3, 0.4) is 0 Å². The Morgan fingerprint density at radius 2 is 2.17 bits per heavy atom. The van der Waals surface area contributed by atoms with Crippen molar-refractivity contribution in [1.29, 1.82) is 0 Å². The van der Waals surface area contributed by atoms with Gasteiger partial charge in [0.1, 0.15) is 18.3 Å². The van der Waals surface area contributed by atoms with Crippen molar-refractivity contribution < 1.29 is 24.9 Å². The van der Waals surface area contributed by atoms with Crippen molar-refractivity contribution in [2.24, 2.45) is 5.73 Å². The van der Waals surface area contributed by atoms with Crippen LogP contribution >= 0.6 is 0 Å². The fourth-order valence-electron chi connectivity index (χ4n) is 1.93. The van der Waals surface area contributed by atoms with Gasteiger partial charge in [0, 0.05) is 0 Å². The summed E-state index contributed by atoms with van der Waals surface area (Å²) in [5.74, 6) is -0.928. The first-order valence-corrected chi connectivity index (χ1v) is 5.22. The Morgan fingerprint density at radius 1 is 1.50 bits per heavy atom. The van der Waals surface area contributed by atoms with E-state index < -0.39 is 37.1 Å². The van der Waals surface area contributed by atoms with Crippen LogP contribution < -0.4 is 11.5 Å². The zero-order valence-corrected chi connectivity index (χ0v) is 9.30. The maximum atomic E-state index is 11.2. The number of anilines is 1. The highest BCUT2D eigenvalue weighted by atomic mass is 16.6. The maximum absolute atomic E-state index is 11.2. The van der Waals surface area contributed by atoms with Gasteiger partial charge in [0.05, 0.1) is 12.9 Å². The third-order valence-corrected chi connectivity index (χ3v) is 2.85. The number of hydrogen-bond donors (Lipinski definition) is 5. The maximum Gasteiger partial charge on any atom is 0.269 e. The molecule has 0 radical (unpaired) electrons. The summed E-state index contributed by atoms with van der Waals surface area (Å²) in [6, 6.07) is 0. The molecule has 1 aliphatic rings. The summed E-state index contributed by atoms with van der Waals surface area (Å²) in [5, 5.41) is 28.4. The molecule has 4 atom stereocenters. The standard InChI is InChI=1S/C9H14N4O5/c10-7-4(8(11)17)13(2-12-7)9-6(16)5(15)3(1-14)18-9/h2-3,5-6,9,14-16H,1,10H2,(H2,11,17)/t3-,5+,6-,9+/m0/s1. The second-order valence-electron chi connectivity index (χ2n) is 3.98. The normalized spacial score (nSPS) is 31.7. The molecule has 1 fully saturated rings. The molecule has 0 saturated carbocycles. The number of imidazole rings is 1. The van der Waals surface area contributed by atoms with Crippen LogP contribution in [0.25, 0.3) is 0 Å². The van der Waals surface area contributed by atoms with Gasteiger partial charge in [-0.1, -0.05) is 0 Å². The predicted molar refractivity (Wildman–Crippen MR) is 58.2 cm³/mol. The van der Waals surface area contributed by atoms with Gasteiger partial charge in [0.15, 0.2) is 17.7 Å². The first-order chi connectivity index (χ1) is 8.47. The minimum atomic E-state index is -1.33. The number of aliphatic hydroxyl groups excluding tert-OH is 3. The van der Waals surface area contributed by atoms with Gasteiger partial charge in [-0.2, -0.15) is 0 Å². The number of nitrogens with two attached hydrogens (primary N) is 2. The lowest BCUT2D eigenvalue weighted by molar-refractivity contribution is -0.0534. The van der Waals surface area contributed by atoms with Crippen molar-refractivity contribution >= 4 is 11.7 Å². The topological polar surface area (TPSA) is 157 Å². The fraction of sp³-hybridized carbons (Fsp3) is 0.556. The Hall–Kier alpha value is -1.68. The molecule has 100 valence electrons. The van der Waals surface area contributed by atoms with Crippen LogP contribution in [0.1, 0.15) is 16.7 Å². The number of rotatable bonds is 3. The lowest BCUT2D eigenvalue weighted by Crippen LogP contribution is -2.33. The highest BCUT2D eigenvalue weighted by Crippen LogP contribution is 2.31. The first-order valence-electron chi connectivity index (χ1n) is 5.22. The Labute approximate surface area is 102 Å². The number of aliphatic hydroxyl groups is 3. The zero-order chi connectivity index (χ0) is 13.4. The molecule has 18 heavy (non-hydrogen) atoms. The molecule has 0 bridgehead atoms. The van der Waals surface area contributed by atoms with Crippen molar-refractivity contribution in [1.82, 2.24) is 9.55 Å². The second-order valence-corrected chi connectivity index (χ2v) is 3.98. The van der Waals surface area contributed by atoms with E-state index in [-0.39, 0.29) is 11.5 Å². The Bertz CT molecular complexity index is 462. The number of nitrogens with zero attached hydrogens (tertiary/aromatic N) is 2. The monoisotopic (exact) mass is 258 g/mol. The molecule has 2 rings (SSSR count). The Morgan fingerprint density at radius 3 is 2.67 bits per heavy atom. The highest BCUT2D eigenvalue weighted by Gasteiger charge is 2.44. The van der Waals surface area contributed by atoms with E-state index in [1.54, 1.807) is 0 Å². The van der Waals surface area contributed by atoms with Crippen LogP contribution in [-0.2, 0) is 4.74 Å². The summed E-state index contributed by atoms with van der Waals surface area (Å²) in [4.78, 5) is 14.9. The molecule has 2 heterocycles. The third kappa shape index (κ3) is 1.82. The van der Waals surface area contributed by atoms with E-state index in [0.717, 1.165) is 4.57 Å². The summed E-state index contributed by atoms with van der Waals surface area (Å²) >= 11 is 0. The smallest absolute Gasteiger partial charge is 0.269 e. The van der Waals surface area contributed by atoms with Crippen molar-refractivity contribution in [3.63, 3.8) is 0 Å². The minimum absolute atomic E-state index is 0.0970. The van der Waals surface area contributed by atoms with Crippen LogP contribution in [0, 0.1) is 0 Å². The van der Waals surface area contributed by atoms with Crippen molar-refractivity contribution in [2.75, 3.05) is 12.3 Å². The first kappa shape index (κ1) is 12.8. The van der Waals surface area contributed by atoms with Crippen LogP contribution in [0.4, 0.5) is 5.82 Å².